The van der Waals surface area contributed by atoms with Gasteiger partial charge in [0.2, 0.25) is 11.8 Å². The van der Waals surface area contributed by atoms with Gasteiger partial charge in [-0.15, -0.1) is 0 Å². The number of amides is 3. The van der Waals surface area contributed by atoms with Crippen molar-refractivity contribution in [3.05, 3.63) is 83.7 Å². The zero-order valence-electron chi connectivity index (χ0n) is 22.0. The van der Waals surface area contributed by atoms with Gasteiger partial charge < -0.3 is 20.5 Å². The first-order chi connectivity index (χ1) is 19.3. The molecular weight excluding hydrogens is 504 g/mol. The number of nitrogens with zero attached hydrogens (tertiary/aromatic N) is 4. The van der Waals surface area contributed by atoms with Gasteiger partial charge in [0, 0.05) is 28.8 Å². The zero-order valence-corrected chi connectivity index (χ0v) is 22.0. The van der Waals surface area contributed by atoms with E-state index in [1.807, 2.05) is 49.4 Å². The summed E-state index contributed by atoms with van der Waals surface area (Å²) in [6.07, 6.45) is 4.18. The summed E-state index contributed by atoms with van der Waals surface area (Å²) in [6, 6.07) is 19.8. The Morgan fingerprint density at radius 2 is 1.88 bits per heavy atom. The normalized spacial score (nSPS) is 19.5. The highest BCUT2D eigenvalue weighted by molar-refractivity contribution is 6.07. The van der Waals surface area contributed by atoms with Crippen LogP contribution in [0.3, 0.4) is 0 Å². The molecule has 1 saturated heterocycles. The minimum absolute atomic E-state index is 0.00942. The van der Waals surface area contributed by atoms with Crippen LogP contribution >= 0.6 is 0 Å². The highest BCUT2D eigenvalue weighted by Gasteiger charge is 2.51. The van der Waals surface area contributed by atoms with Crippen molar-refractivity contribution in [1.29, 1.82) is 5.26 Å². The first kappa shape index (κ1) is 25.3. The molecule has 0 unspecified atom stereocenters. The largest absolute Gasteiger partial charge is 0.366 e. The number of hydrogen-bond acceptors (Lipinski definition) is 5. The van der Waals surface area contributed by atoms with Crippen molar-refractivity contribution in [1.82, 2.24) is 14.5 Å². The maximum Gasteiger partial charge on any atom is 0.250 e. The number of piperidine rings is 1. The summed E-state index contributed by atoms with van der Waals surface area (Å²) in [7, 11) is 0. The van der Waals surface area contributed by atoms with Crippen LogP contribution in [-0.4, -0.2) is 44.3 Å². The second-order valence-corrected chi connectivity index (χ2v) is 10.6. The Labute approximate surface area is 231 Å². The van der Waals surface area contributed by atoms with Crippen molar-refractivity contribution >= 4 is 34.4 Å². The molecule has 1 aliphatic carbocycles. The van der Waals surface area contributed by atoms with E-state index in [-0.39, 0.29) is 30.3 Å². The van der Waals surface area contributed by atoms with Crippen LogP contribution in [0.15, 0.2) is 66.9 Å². The summed E-state index contributed by atoms with van der Waals surface area (Å²) in [5.41, 5.74) is 9.72. The number of nitriles is 1. The van der Waals surface area contributed by atoms with E-state index in [1.54, 1.807) is 33.9 Å². The number of likely N-dealkylation sites (tertiary alicyclic amines) is 1. The fraction of sp³-hybridized carbons (Fsp3) is 0.258. The summed E-state index contributed by atoms with van der Waals surface area (Å²) in [4.78, 5) is 45.6. The summed E-state index contributed by atoms with van der Waals surface area (Å²) >= 11 is 0. The van der Waals surface area contributed by atoms with Crippen LogP contribution in [-0.2, 0) is 16.1 Å². The number of aryl methyl sites for hydroxylation is 1. The molecule has 0 spiro atoms. The van der Waals surface area contributed by atoms with Crippen LogP contribution in [0.1, 0.15) is 40.9 Å². The minimum Gasteiger partial charge on any atom is -0.366 e. The van der Waals surface area contributed by atoms with Gasteiger partial charge in [0.05, 0.1) is 17.2 Å². The third-order valence-corrected chi connectivity index (χ3v) is 8.06. The molecule has 2 aromatic heterocycles. The van der Waals surface area contributed by atoms with E-state index in [0.717, 1.165) is 36.1 Å². The number of benzene rings is 2. The highest BCUT2D eigenvalue weighted by Crippen LogP contribution is 2.43. The van der Waals surface area contributed by atoms with Gasteiger partial charge in [-0.2, -0.15) is 5.26 Å². The Balaban J connectivity index is 1.29. The number of nitrogens with two attached hydrogens (primary N) is 1. The Morgan fingerprint density at radius 3 is 2.65 bits per heavy atom. The molecule has 2 aliphatic rings. The van der Waals surface area contributed by atoms with E-state index in [1.165, 1.54) is 0 Å². The van der Waals surface area contributed by atoms with Gasteiger partial charge in [0.15, 0.2) is 0 Å². The molecule has 4 aromatic rings. The van der Waals surface area contributed by atoms with E-state index >= 15 is 0 Å². The lowest BCUT2D eigenvalue weighted by Gasteiger charge is -2.34. The molecule has 2 fully saturated rings. The van der Waals surface area contributed by atoms with Crippen LogP contribution in [0.2, 0.25) is 0 Å². The smallest absolute Gasteiger partial charge is 0.250 e. The van der Waals surface area contributed by atoms with E-state index in [9.17, 15) is 19.6 Å². The lowest BCUT2D eigenvalue weighted by atomic mass is 9.97. The molecule has 1 aliphatic heterocycles. The number of fused-ring (bicyclic) bond motifs is 3. The molecule has 6 rings (SSSR count). The Kier molecular flexibility index (Phi) is 6.31. The van der Waals surface area contributed by atoms with Crippen molar-refractivity contribution in [2.75, 3.05) is 5.32 Å². The standard InChI is InChI=1S/C31H28N6O3/c1-18-4-2-7-27(34-18)35-31(40)29-22-8-10-23(13-22)37(29)28(38)17-36-16-25(30(33)39)24-14-21(9-11-26(24)36)20-6-3-5-19(12-20)15-32/h2-7,9,11-12,14,16,22-23,29H,8,10,13,17H2,1H3,(H2,33,39)(H,34,35,40)/t22-,23+,29-/m0/s1. The van der Waals surface area contributed by atoms with Gasteiger partial charge >= 0.3 is 0 Å². The lowest BCUT2D eigenvalue weighted by Crippen LogP contribution is -2.51. The molecule has 1 saturated carbocycles. The van der Waals surface area contributed by atoms with Crippen molar-refractivity contribution < 1.29 is 14.4 Å². The molecule has 3 atom stereocenters. The van der Waals surface area contributed by atoms with Crippen LogP contribution in [0.25, 0.3) is 22.0 Å². The molecule has 200 valence electrons. The second-order valence-electron chi connectivity index (χ2n) is 10.6. The average Bonchev–Trinajstić information content (AvgIpc) is 3.66. The van der Waals surface area contributed by atoms with E-state index < -0.39 is 11.9 Å². The summed E-state index contributed by atoms with van der Waals surface area (Å²) in [6.45, 7) is 1.83. The number of carbonyl (C=O) groups is 3. The molecule has 3 N–H and O–H groups in total. The number of primary amides is 1. The summed E-state index contributed by atoms with van der Waals surface area (Å²) < 4.78 is 1.73. The number of aromatic nitrogens is 2. The Morgan fingerprint density at radius 1 is 1.07 bits per heavy atom. The topological polar surface area (TPSA) is 134 Å². The fourth-order valence-corrected chi connectivity index (χ4v) is 6.30. The van der Waals surface area contributed by atoms with Gasteiger partial charge in [-0.3, -0.25) is 14.4 Å². The number of nitrogens with one attached hydrogen (secondary N) is 1. The molecule has 3 heterocycles. The SMILES string of the molecule is Cc1cccc(NC(=O)[C@@H]2[C@H]3CC[C@H](C3)N2C(=O)Cn2cc(C(N)=O)c3cc(-c4cccc(C#N)c4)ccc32)n1. The molecule has 2 aromatic carbocycles. The lowest BCUT2D eigenvalue weighted by molar-refractivity contribution is -0.141. The third-order valence-electron chi connectivity index (χ3n) is 8.06. The van der Waals surface area contributed by atoms with Crippen LogP contribution in [0, 0.1) is 24.2 Å². The predicted molar refractivity (Wildman–Crippen MR) is 150 cm³/mol. The molecule has 3 amide bonds. The second kappa shape index (κ2) is 9.97. The summed E-state index contributed by atoms with van der Waals surface area (Å²) in [5, 5.41) is 12.8. The van der Waals surface area contributed by atoms with Crippen molar-refractivity contribution in [2.24, 2.45) is 11.7 Å². The van der Waals surface area contributed by atoms with Crippen LogP contribution in [0.4, 0.5) is 5.82 Å². The quantitative estimate of drug-likeness (QED) is 0.387. The third kappa shape index (κ3) is 4.47. The van der Waals surface area contributed by atoms with Crippen molar-refractivity contribution in [2.45, 2.75) is 44.8 Å². The fourth-order valence-electron chi connectivity index (χ4n) is 6.30. The number of hydrogen-bond donors (Lipinski definition) is 2. The average molecular weight is 533 g/mol. The zero-order chi connectivity index (χ0) is 28.0. The number of anilines is 1. The van der Waals surface area contributed by atoms with Gasteiger partial charge in [-0.25, -0.2) is 4.98 Å². The van der Waals surface area contributed by atoms with E-state index in [2.05, 4.69) is 16.4 Å². The van der Waals surface area contributed by atoms with Gasteiger partial charge in [0.25, 0.3) is 5.91 Å². The van der Waals surface area contributed by atoms with Gasteiger partial charge in [-0.1, -0.05) is 24.3 Å². The Bertz CT molecular complexity index is 1720. The first-order valence-corrected chi connectivity index (χ1v) is 13.3. The van der Waals surface area contributed by atoms with Gasteiger partial charge in [-0.05, 0) is 79.6 Å². The number of carbonyl (C=O) groups excluding carboxylic acids is 3. The highest BCUT2D eigenvalue weighted by atomic mass is 16.2. The number of pyridine rings is 1. The van der Waals surface area contributed by atoms with Crippen LogP contribution in [0.5, 0.6) is 0 Å². The maximum atomic E-state index is 13.8. The van der Waals surface area contributed by atoms with E-state index in [0.29, 0.717) is 27.8 Å². The molecule has 40 heavy (non-hydrogen) atoms. The van der Waals surface area contributed by atoms with Crippen molar-refractivity contribution in [3.63, 3.8) is 0 Å². The molecule has 9 nitrogen and oxygen atoms in total. The Hall–Kier alpha value is -4.97. The molecular formula is C31H28N6O3. The molecule has 2 bridgehead atoms. The predicted octanol–water partition coefficient (Wildman–Crippen LogP) is 4.00. The summed E-state index contributed by atoms with van der Waals surface area (Å²) in [5.74, 6) is -0.421. The maximum absolute atomic E-state index is 13.8. The first-order valence-electron chi connectivity index (χ1n) is 13.3. The van der Waals surface area contributed by atoms with E-state index in [4.69, 9.17) is 5.73 Å². The van der Waals surface area contributed by atoms with Crippen LogP contribution < -0.4 is 11.1 Å². The van der Waals surface area contributed by atoms with Gasteiger partial charge in [0.1, 0.15) is 18.4 Å². The minimum atomic E-state index is -0.595. The monoisotopic (exact) mass is 532 g/mol. The number of rotatable bonds is 6. The molecule has 0 radical (unpaired) electrons. The van der Waals surface area contributed by atoms with Crippen molar-refractivity contribution in [3.8, 4) is 17.2 Å². The molecule has 9 heteroatoms.